The van der Waals surface area contributed by atoms with Crippen molar-refractivity contribution in [3.05, 3.63) is 52.2 Å². The van der Waals surface area contributed by atoms with Gasteiger partial charge in [-0.3, -0.25) is 0 Å². The number of dihydropyridines is 1. The summed E-state index contributed by atoms with van der Waals surface area (Å²) in [5.41, 5.74) is 4.32. The van der Waals surface area contributed by atoms with E-state index in [0.717, 1.165) is 22.5 Å². The Morgan fingerprint density at radius 3 is 2.30 bits per heavy atom. The summed E-state index contributed by atoms with van der Waals surface area (Å²) >= 11 is 2.11. The molecule has 5 heteroatoms. The monoisotopic (exact) mass is 377 g/mol. The molecule has 0 saturated carbocycles. The molecule has 0 bridgehead atoms. The maximum atomic E-state index is 9.37. The standard InChI is InChI=1S/C15H12IN3O/c1-9-12(6-17)14(16)13(7-18)15(19-9)11-4-2-10(8-20)3-5-11/h2-5,14,19-20H,8H2,1H3. The molecule has 0 spiro atoms. The number of nitriles is 2. The number of rotatable bonds is 2. The summed E-state index contributed by atoms with van der Waals surface area (Å²) in [7, 11) is 0. The molecule has 1 aliphatic heterocycles. The minimum absolute atomic E-state index is 0.00964. The van der Waals surface area contributed by atoms with E-state index in [1.54, 1.807) is 0 Å². The molecule has 1 aromatic rings. The number of aliphatic hydroxyl groups is 1. The van der Waals surface area contributed by atoms with Crippen LogP contribution in [0.2, 0.25) is 0 Å². The van der Waals surface area contributed by atoms with Gasteiger partial charge in [0.15, 0.2) is 0 Å². The lowest BCUT2D eigenvalue weighted by Gasteiger charge is -2.24. The first-order valence-electron chi connectivity index (χ1n) is 5.98. The van der Waals surface area contributed by atoms with Crippen LogP contribution >= 0.6 is 22.6 Å². The molecule has 1 heterocycles. The molecule has 1 aliphatic rings. The molecule has 20 heavy (non-hydrogen) atoms. The van der Waals surface area contributed by atoms with Crippen LogP contribution in [0.5, 0.6) is 0 Å². The molecule has 1 unspecified atom stereocenters. The predicted molar refractivity (Wildman–Crippen MR) is 84.2 cm³/mol. The fraction of sp³-hybridized carbons (Fsp3) is 0.200. The van der Waals surface area contributed by atoms with E-state index in [2.05, 4.69) is 40.0 Å². The van der Waals surface area contributed by atoms with E-state index < -0.39 is 0 Å². The number of allylic oxidation sites excluding steroid dienone is 3. The Bertz CT molecular complexity index is 675. The van der Waals surface area contributed by atoms with Gasteiger partial charge in [-0.2, -0.15) is 10.5 Å². The molecule has 0 radical (unpaired) electrons. The summed E-state index contributed by atoms with van der Waals surface area (Å²) in [6, 6.07) is 11.7. The summed E-state index contributed by atoms with van der Waals surface area (Å²) in [4.78, 5) is 0. The third-order valence-electron chi connectivity index (χ3n) is 3.16. The second-order valence-corrected chi connectivity index (χ2v) is 5.64. The van der Waals surface area contributed by atoms with Crippen molar-refractivity contribution in [1.82, 2.24) is 5.32 Å². The number of aliphatic hydroxyl groups excluding tert-OH is 1. The maximum Gasteiger partial charge on any atom is 0.0984 e. The zero-order chi connectivity index (χ0) is 14.7. The fourth-order valence-electron chi connectivity index (χ4n) is 2.04. The molecule has 0 fully saturated rings. The summed E-state index contributed by atoms with van der Waals surface area (Å²) in [5, 5.41) is 30.7. The summed E-state index contributed by atoms with van der Waals surface area (Å²) < 4.78 is -0.239. The van der Waals surface area contributed by atoms with Gasteiger partial charge >= 0.3 is 0 Å². The topological polar surface area (TPSA) is 79.8 Å². The minimum atomic E-state index is -0.239. The largest absolute Gasteiger partial charge is 0.392 e. The number of nitrogens with one attached hydrogen (secondary N) is 1. The Morgan fingerprint density at radius 1 is 1.20 bits per heavy atom. The van der Waals surface area contributed by atoms with Gasteiger partial charge in [0.25, 0.3) is 0 Å². The Hall–Kier alpha value is -1.83. The quantitative estimate of drug-likeness (QED) is 0.614. The molecule has 4 nitrogen and oxygen atoms in total. The zero-order valence-corrected chi connectivity index (χ0v) is 13.0. The second-order valence-electron chi connectivity index (χ2n) is 4.39. The van der Waals surface area contributed by atoms with Gasteiger partial charge in [0.05, 0.1) is 39.5 Å². The van der Waals surface area contributed by atoms with Gasteiger partial charge in [0.2, 0.25) is 0 Å². The Morgan fingerprint density at radius 2 is 1.80 bits per heavy atom. The number of hydrogen-bond donors (Lipinski definition) is 2. The first-order valence-corrected chi connectivity index (χ1v) is 7.23. The Labute approximate surface area is 131 Å². The highest BCUT2D eigenvalue weighted by Gasteiger charge is 2.27. The Balaban J connectivity index is 2.49. The van der Waals surface area contributed by atoms with Crippen LogP contribution in [0.15, 0.2) is 41.1 Å². The molecule has 0 aromatic heterocycles. The van der Waals surface area contributed by atoms with Crippen LogP contribution in [0.3, 0.4) is 0 Å². The molecule has 0 amide bonds. The van der Waals surface area contributed by atoms with Crippen LogP contribution in [-0.4, -0.2) is 9.03 Å². The van der Waals surface area contributed by atoms with E-state index in [-0.39, 0.29) is 10.5 Å². The van der Waals surface area contributed by atoms with Gasteiger partial charge in [-0.05, 0) is 18.1 Å². The summed E-state index contributed by atoms with van der Waals surface area (Å²) in [6.45, 7) is 1.82. The molecule has 2 N–H and O–H groups in total. The molecule has 0 aliphatic carbocycles. The van der Waals surface area contributed by atoms with Gasteiger partial charge in [0, 0.05) is 5.70 Å². The van der Waals surface area contributed by atoms with Crippen LogP contribution in [-0.2, 0) is 6.61 Å². The van der Waals surface area contributed by atoms with E-state index >= 15 is 0 Å². The van der Waals surface area contributed by atoms with E-state index in [4.69, 9.17) is 10.4 Å². The van der Waals surface area contributed by atoms with Gasteiger partial charge in [0.1, 0.15) is 0 Å². The second kappa shape index (κ2) is 6.08. The van der Waals surface area contributed by atoms with Crippen molar-refractivity contribution in [2.75, 3.05) is 0 Å². The Kier molecular flexibility index (Phi) is 4.43. The number of halogens is 1. The van der Waals surface area contributed by atoms with E-state index in [9.17, 15) is 5.26 Å². The minimum Gasteiger partial charge on any atom is -0.392 e. The normalized spacial score (nSPS) is 18.4. The molecule has 1 atom stereocenters. The highest BCUT2D eigenvalue weighted by Crippen LogP contribution is 2.33. The van der Waals surface area contributed by atoms with Crippen molar-refractivity contribution < 1.29 is 5.11 Å². The summed E-state index contributed by atoms with van der Waals surface area (Å²) in [5.74, 6) is 0. The highest BCUT2D eigenvalue weighted by molar-refractivity contribution is 14.1. The molecule has 1 aromatic carbocycles. The van der Waals surface area contributed by atoms with Crippen LogP contribution in [0, 0.1) is 22.7 Å². The number of alkyl halides is 1. The molecular formula is C15H12IN3O. The van der Waals surface area contributed by atoms with E-state index in [1.165, 1.54) is 0 Å². The maximum absolute atomic E-state index is 9.37. The van der Waals surface area contributed by atoms with Crippen molar-refractivity contribution in [3.63, 3.8) is 0 Å². The predicted octanol–water partition coefficient (Wildman–Crippen LogP) is 2.62. The van der Waals surface area contributed by atoms with Crippen molar-refractivity contribution in [3.8, 4) is 12.1 Å². The van der Waals surface area contributed by atoms with Gasteiger partial charge in [-0.25, -0.2) is 0 Å². The highest BCUT2D eigenvalue weighted by atomic mass is 127. The lowest BCUT2D eigenvalue weighted by molar-refractivity contribution is 0.282. The molecule has 100 valence electrons. The van der Waals surface area contributed by atoms with Crippen LogP contribution < -0.4 is 5.32 Å². The van der Waals surface area contributed by atoms with Crippen LogP contribution in [0.4, 0.5) is 0 Å². The number of nitrogens with zero attached hydrogens (tertiary/aromatic N) is 2. The third kappa shape index (κ3) is 2.55. The van der Waals surface area contributed by atoms with Gasteiger partial charge in [-0.1, -0.05) is 46.9 Å². The van der Waals surface area contributed by atoms with Crippen LogP contribution in [0.1, 0.15) is 18.1 Å². The van der Waals surface area contributed by atoms with Crippen LogP contribution in [0.25, 0.3) is 5.70 Å². The van der Waals surface area contributed by atoms with E-state index in [1.807, 2.05) is 31.2 Å². The van der Waals surface area contributed by atoms with E-state index in [0.29, 0.717) is 11.1 Å². The first kappa shape index (κ1) is 14.6. The van der Waals surface area contributed by atoms with Crippen molar-refractivity contribution in [2.24, 2.45) is 0 Å². The smallest absolute Gasteiger partial charge is 0.0984 e. The molecular weight excluding hydrogens is 365 g/mol. The summed E-state index contributed by atoms with van der Waals surface area (Å²) in [6.07, 6.45) is 0. The average molecular weight is 377 g/mol. The SMILES string of the molecule is CC1=C(C#N)C(I)C(C#N)=C(c2ccc(CO)cc2)N1. The van der Waals surface area contributed by atoms with Crippen molar-refractivity contribution in [2.45, 2.75) is 17.5 Å². The van der Waals surface area contributed by atoms with Gasteiger partial charge < -0.3 is 10.4 Å². The third-order valence-corrected chi connectivity index (χ3v) is 4.40. The lowest BCUT2D eigenvalue weighted by Crippen LogP contribution is -2.25. The fourth-order valence-corrected chi connectivity index (χ4v) is 3.10. The average Bonchev–Trinajstić information content (AvgIpc) is 2.47. The van der Waals surface area contributed by atoms with Gasteiger partial charge in [-0.15, -0.1) is 0 Å². The molecule has 2 rings (SSSR count). The molecule has 0 saturated heterocycles. The first-order chi connectivity index (χ1) is 9.62. The zero-order valence-electron chi connectivity index (χ0n) is 10.8. The lowest BCUT2D eigenvalue weighted by atomic mass is 9.95. The number of hydrogen-bond acceptors (Lipinski definition) is 4. The van der Waals surface area contributed by atoms with Crippen molar-refractivity contribution in [1.29, 1.82) is 10.5 Å². The van der Waals surface area contributed by atoms with Crippen molar-refractivity contribution >= 4 is 28.3 Å². The number of benzene rings is 1.